The van der Waals surface area contributed by atoms with Crippen molar-refractivity contribution in [3.8, 4) is 0 Å². The normalized spacial score (nSPS) is 12.6. The zero-order chi connectivity index (χ0) is 15.9. The van der Waals surface area contributed by atoms with Gasteiger partial charge in [-0.1, -0.05) is 91.9 Å². The first-order valence-electron chi connectivity index (χ1n) is 9.26. The SMILES string of the molecule is CCCCCCCCCCCCCOC(=O)C(C)C(C)C. The third-order valence-electron chi connectivity index (χ3n) is 4.36. The van der Waals surface area contributed by atoms with Crippen LogP contribution < -0.4 is 0 Å². The molecule has 0 saturated carbocycles. The highest BCUT2D eigenvalue weighted by atomic mass is 16.5. The molecule has 0 aliphatic carbocycles. The van der Waals surface area contributed by atoms with Crippen LogP contribution in [0.15, 0.2) is 0 Å². The summed E-state index contributed by atoms with van der Waals surface area (Å²) in [6, 6.07) is 0. The molecule has 0 saturated heterocycles. The molecule has 0 aromatic rings. The summed E-state index contributed by atoms with van der Waals surface area (Å²) in [6.45, 7) is 8.95. The fraction of sp³-hybridized carbons (Fsp3) is 0.947. The Balaban J connectivity index is 3.21. The number of ether oxygens (including phenoxy) is 1. The summed E-state index contributed by atoms with van der Waals surface area (Å²) in [5.41, 5.74) is 0. The fourth-order valence-corrected chi connectivity index (χ4v) is 2.34. The lowest BCUT2D eigenvalue weighted by Gasteiger charge is -2.14. The van der Waals surface area contributed by atoms with E-state index in [0.29, 0.717) is 12.5 Å². The Morgan fingerprint density at radius 1 is 0.762 bits per heavy atom. The molecular formula is C19H38O2. The molecule has 0 rings (SSSR count). The molecule has 0 bridgehead atoms. The molecule has 126 valence electrons. The van der Waals surface area contributed by atoms with Crippen LogP contribution in [0.25, 0.3) is 0 Å². The number of unbranched alkanes of at least 4 members (excludes halogenated alkanes) is 10. The summed E-state index contributed by atoms with van der Waals surface area (Å²) in [4.78, 5) is 11.6. The van der Waals surface area contributed by atoms with E-state index < -0.39 is 0 Å². The average Bonchev–Trinajstić information content (AvgIpc) is 2.47. The minimum absolute atomic E-state index is 0.0257. The van der Waals surface area contributed by atoms with Crippen LogP contribution in [0, 0.1) is 11.8 Å². The van der Waals surface area contributed by atoms with Crippen LogP contribution in [0.1, 0.15) is 98.3 Å². The third-order valence-corrected chi connectivity index (χ3v) is 4.36. The molecule has 0 aliphatic rings. The summed E-state index contributed by atoms with van der Waals surface area (Å²) in [5.74, 6) is 0.365. The maximum atomic E-state index is 11.6. The van der Waals surface area contributed by atoms with Crippen molar-refractivity contribution in [1.82, 2.24) is 0 Å². The largest absolute Gasteiger partial charge is 0.465 e. The third kappa shape index (κ3) is 12.9. The van der Waals surface area contributed by atoms with Gasteiger partial charge in [-0.15, -0.1) is 0 Å². The fourth-order valence-electron chi connectivity index (χ4n) is 2.34. The summed E-state index contributed by atoms with van der Waals surface area (Å²) in [7, 11) is 0. The standard InChI is InChI=1S/C19H38O2/c1-5-6-7-8-9-10-11-12-13-14-15-16-21-19(20)18(4)17(2)3/h17-18H,5-16H2,1-4H3. The first kappa shape index (κ1) is 20.5. The van der Waals surface area contributed by atoms with E-state index in [0.717, 1.165) is 6.42 Å². The lowest BCUT2D eigenvalue weighted by Crippen LogP contribution is -2.20. The van der Waals surface area contributed by atoms with Gasteiger partial charge in [0.2, 0.25) is 0 Å². The molecule has 0 N–H and O–H groups in total. The van der Waals surface area contributed by atoms with Crippen LogP contribution in [0.5, 0.6) is 0 Å². The zero-order valence-corrected chi connectivity index (χ0v) is 15.0. The number of hydrogen-bond donors (Lipinski definition) is 0. The van der Waals surface area contributed by atoms with Crippen LogP contribution in [-0.2, 0) is 9.53 Å². The first-order valence-corrected chi connectivity index (χ1v) is 9.26. The number of esters is 1. The quantitative estimate of drug-likeness (QED) is 0.285. The molecule has 0 amide bonds. The van der Waals surface area contributed by atoms with E-state index >= 15 is 0 Å². The Bertz CT molecular complexity index is 236. The second-order valence-electron chi connectivity index (χ2n) is 6.74. The second kappa shape index (κ2) is 14.4. The van der Waals surface area contributed by atoms with E-state index in [9.17, 15) is 4.79 Å². The van der Waals surface area contributed by atoms with Gasteiger partial charge in [0.25, 0.3) is 0 Å². The Hall–Kier alpha value is -0.530. The van der Waals surface area contributed by atoms with E-state index in [1.165, 1.54) is 64.2 Å². The number of rotatable bonds is 14. The topological polar surface area (TPSA) is 26.3 Å². The van der Waals surface area contributed by atoms with Crippen LogP contribution in [0.4, 0.5) is 0 Å². The van der Waals surface area contributed by atoms with Gasteiger partial charge in [0.1, 0.15) is 0 Å². The minimum atomic E-state index is -0.0305. The molecule has 0 aromatic heterocycles. The van der Waals surface area contributed by atoms with E-state index in [4.69, 9.17) is 4.74 Å². The maximum absolute atomic E-state index is 11.6. The average molecular weight is 299 g/mol. The van der Waals surface area contributed by atoms with Gasteiger partial charge in [-0.05, 0) is 12.3 Å². The molecule has 0 aliphatic heterocycles. The molecule has 1 atom stereocenters. The predicted molar refractivity (Wildman–Crippen MR) is 91.4 cm³/mol. The smallest absolute Gasteiger partial charge is 0.308 e. The number of hydrogen-bond acceptors (Lipinski definition) is 2. The Morgan fingerprint density at radius 2 is 1.19 bits per heavy atom. The molecule has 2 nitrogen and oxygen atoms in total. The van der Waals surface area contributed by atoms with E-state index in [1.807, 2.05) is 6.92 Å². The predicted octanol–water partition coefficient (Wildman–Crippen LogP) is 6.13. The molecule has 1 unspecified atom stereocenters. The van der Waals surface area contributed by atoms with Gasteiger partial charge in [-0.2, -0.15) is 0 Å². The van der Waals surface area contributed by atoms with Gasteiger partial charge in [0.05, 0.1) is 12.5 Å². The molecular weight excluding hydrogens is 260 g/mol. The molecule has 21 heavy (non-hydrogen) atoms. The molecule has 0 heterocycles. The molecule has 0 spiro atoms. The highest BCUT2D eigenvalue weighted by molar-refractivity contribution is 5.72. The summed E-state index contributed by atoms with van der Waals surface area (Å²) in [5, 5.41) is 0. The number of carbonyl (C=O) groups excluding carboxylic acids is 1. The summed E-state index contributed by atoms with van der Waals surface area (Å²) >= 11 is 0. The van der Waals surface area contributed by atoms with E-state index in [1.54, 1.807) is 0 Å². The molecule has 2 heteroatoms. The molecule has 0 aromatic carbocycles. The van der Waals surface area contributed by atoms with E-state index in [2.05, 4.69) is 20.8 Å². The van der Waals surface area contributed by atoms with Crippen LogP contribution in [-0.4, -0.2) is 12.6 Å². The molecule has 0 fully saturated rings. The van der Waals surface area contributed by atoms with Crippen molar-refractivity contribution in [2.75, 3.05) is 6.61 Å². The van der Waals surface area contributed by atoms with Gasteiger partial charge in [-0.25, -0.2) is 0 Å². The monoisotopic (exact) mass is 298 g/mol. The number of carbonyl (C=O) groups is 1. The maximum Gasteiger partial charge on any atom is 0.308 e. The van der Waals surface area contributed by atoms with Crippen LogP contribution >= 0.6 is 0 Å². The minimum Gasteiger partial charge on any atom is -0.465 e. The summed E-state index contributed by atoms with van der Waals surface area (Å²) in [6.07, 6.45) is 14.6. The molecule has 0 radical (unpaired) electrons. The highest BCUT2D eigenvalue weighted by Gasteiger charge is 2.17. The zero-order valence-electron chi connectivity index (χ0n) is 15.0. The van der Waals surface area contributed by atoms with Crippen molar-refractivity contribution < 1.29 is 9.53 Å². The van der Waals surface area contributed by atoms with Crippen molar-refractivity contribution in [3.63, 3.8) is 0 Å². The van der Waals surface area contributed by atoms with Crippen LogP contribution in [0.3, 0.4) is 0 Å². The van der Waals surface area contributed by atoms with Crippen molar-refractivity contribution in [3.05, 3.63) is 0 Å². The summed E-state index contributed by atoms with van der Waals surface area (Å²) < 4.78 is 5.31. The van der Waals surface area contributed by atoms with Crippen molar-refractivity contribution in [1.29, 1.82) is 0 Å². The Labute approximate surface area is 133 Å². The lowest BCUT2D eigenvalue weighted by molar-refractivity contribution is -0.149. The van der Waals surface area contributed by atoms with Gasteiger partial charge in [-0.3, -0.25) is 4.79 Å². The lowest BCUT2D eigenvalue weighted by atomic mass is 9.99. The van der Waals surface area contributed by atoms with Gasteiger partial charge in [0.15, 0.2) is 0 Å². The Kier molecular flexibility index (Phi) is 14.0. The highest BCUT2D eigenvalue weighted by Crippen LogP contribution is 2.13. The van der Waals surface area contributed by atoms with Gasteiger partial charge >= 0.3 is 5.97 Å². The van der Waals surface area contributed by atoms with Gasteiger partial charge in [0, 0.05) is 0 Å². The first-order chi connectivity index (χ1) is 10.1. The Morgan fingerprint density at radius 3 is 1.62 bits per heavy atom. The van der Waals surface area contributed by atoms with Crippen molar-refractivity contribution in [2.24, 2.45) is 11.8 Å². The van der Waals surface area contributed by atoms with Gasteiger partial charge < -0.3 is 4.74 Å². The van der Waals surface area contributed by atoms with Crippen molar-refractivity contribution >= 4 is 5.97 Å². The van der Waals surface area contributed by atoms with Crippen LogP contribution in [0.2, 0.25) is 0 Å². The van der Waals surface area contributed by atoms with E-state index in [-0.39, 0.29) is 11.9 Å². The second-order valence-corrected chi connectivity index (χ2v) is 6.74. The van der Waals surface area contributed by atoms with Crippen molar-refractivity contribution in [2.45, 2.75) is 98.3 Å².